The van der Waals surface area contributed by atoms with Gasteiger partial charge in [-0.25, -0.2) is 0 Å². The van der Waals surface area contributed by atoms with Gasteiger partial charge in [0.05, 0.1) is 6.54 Å². The standard InChI is InChI=1S/C20H27N3O3/c1-14-3-2-9-23(14)20(25)13-22-10-8-17(12-22)26-16-5-6-18-15(11-16)4-7-19(24)21-18/h5-6,11,14,17H,2-4,7-10,12-13H2,1H3,(H,21,24)/t14-,17+/m1/s1. The summed E-state index contributed by atoms with van der Waals surface area (Å²) < 4.78 is 6.15. The molecule has 1 aromatic rings. The maximum atomic E-state index is 12.5. The van der Waals surface area contributed by atoms with E-state index in [0.717, 1.165) is 62.3 Å². The molecule has 3 heterocycles. The fourth-order valence-corrected chi connectivity index (χ4v) is 4.25. The molecule has 1 N–H and O–H groups in total. The zero-order valence-corrected chi connectivity index (χ0v) is 15.4. The number of benzene rings is 1. The number of likely N-dealkylation sites (tertiary alicyclic amines) is 2. The molecule has 0 aromatic heterocycles. The lowest BCUT2D eigenvalue weighted by Crippen LogP contribution is -2.41. The summed E-state index contributed by atoms with van der Waals surface area (Å²) in [7, 11) is 0. The van der Waals surface area contributed by atoms with Gasteiger partial charge < -0.3 is 15.0 Å². The van der Waals surface area contributed by atoms with E-state index < -0.39 is 0 Å². The number of hydrogen-bond donors (Lipinski definition) is 1. The van der Waals surface area contributed by atoms with Crippen molar-refractivity contribution in [1.29, 1.82) is 0 Å². The molecule has 0 spiro atoms. The van der Waals surface area contributed by atoms with Crippen LogP contribution in [0, 0.1) is 0 Å². The van der Waals surface area contributed by atoms with Gasteiger partial charge >= 0.3 is 0 Å². The van der Waals surface area contributed by atoms with Crippen molar-refractivity contribution in [3.8, 4) is 5.75 Å². The molecule has 2 amide bonds. The molecule has 6 heteroatoms. The molecular weight excluding hydrogens is 330 g/mol. The van der Waals surface area contributed by atoms with Crippen molar-refractivity contribution in [2.24, 2.45) is 0 Å². The van der Waals surface area contributed by atoms with Crippen molar-refractivity contribution in [3.63, 3.8) is 0 Å². The minimum absolute atomic E-state index is 0.0783. The minimum Gasteiger partial charge on any atom is -0.489 e. The maximum Gasteiger partial charge on any atom is 0.236 e. The molecule has 2 saturated heterocycles. The van der Waals surface area contributed by atoms with Crippen LogP contribution in [0.4, 0.5) is 5.69 Å². The third kappa shape index (κ3) is 3.70. The predicted octanol–water partition coefficient (Wildman–Crippen LogP) is 2.04. The van der Waals surface area contributed by atoms with E-state index >= 15 is 0 Å². The number of carbonyl (C=O) groups excluding carboxylic acids is 2. The highest BCUT2D eigenvalue weighted by Gasteiger charge is 2.30. The molecule has 2 atom stereocenters. The second kappa shape index (κ2) is 7.27. The number of fused-ring (bicyclic) bond motifs is 1. The van der Waals surface area contributed by atoms with E-state index in [1.54, 1.807) is 0 Å². The van der Waals surface area contributed by atoms with Crippen LogP contribution in [0.2, 0.25) is 0 Å². The molecule has 6 nitrogen and oxygen atoms in total. The molecule has 3 aliphatic rings. The topological polar surface area (TPSA) is 61.9 Å². The molecule has 26 heavy (non-hydrogen) atoms. The molecule has 0 aliphatic carbocycles. The Bertz CT molecular complexity index is 706. The van der Waals surface area contributed by atoms with Crippen LogP contribution in [-0.2, 0) is 16.0 Å². The quantitative estimate of drug-likeness (QED) is 0.896. The first-order valence-corrected chi connectivity index (χ1v) is 9.70. The Balaban J connectivity index is 1.30. The van der Waals surface area contributed by atoms with Gasteiger partial charge in [0, 0.05) is 37.8 Å². The van der Waals surface area contributed by atoms with Crippen LogP contribution < -0.4 is 10.1 Å². The highest BCUT2D eigenvalue weighted by molar-refractivity contribution is 5.94. The van der Waals surface area contributed by atoms with Crippen LogP contribution in [0.15, 0.2) is 18.2 Å². The number of rotatable bonds is 4. The van der Waals surface area contributed by atoms with Gasteiger partial charge in [0.2, 0.25) is 11.8 Å². The van der Waals surface area contributed by atoms with Crippen molar-refractivity contribution in [2.75, 3.05) is 31.5 Å². The second-order valence-corrected chi connectivity index (χ2v) is 7.71. The van der Waals surface area contributed by atoms with Gasteiger partial charge in [0.25, 0.3) is 0 Å². The number of nitrogens with zero attached hydrogens (tertiary/aromatic N) is 2. The number of carbonyl (C=O) groups is 2. The first-order valence-electron chi connectivity index (χ1n) is 9.70. The van der Waals surface area contributed by atoms with Crippen LogP contribution in [0.3, 0.4) is 0 Å². The molecule has 4 rings (SSSR count). The smallest absolute Gasteiger partial charge is 0.236 e. The Kier molecular flexibility index (Phi) is 4.85. The molecule has 2 fully saturated rings. The van der Waals surface area contributed by atoms with E-state index in [4.69, 9.17) is 4.74 Å². The van der Waals surface area contributed by atoms with Gasteiger partial charge in [0.15, 0.2) is 0 Å². The molecule has 0 saturated carbocycles. The average Bonchev–Trinajstić information content (AvgIpc) is 3.24. The van der Waals surface area contributed by atoms with Crippen LogP contribution >= 0.6 is 0 Å². The fourth-order valence-electron chi connectivity index (χ4n) is 4.25. The van der Waals surface area contributed by atoms with Gasteiger partial charge in [-0.15, -0.1) is 0 Å². The SMILES string of the molecule is C[C@@H]1CCCN1C(=O)CN1CC[C@H](Oc2ccc3c(c2)CCC(=O)N3)C1. The van der Waals surface area contributed by atoms with Crippen molar-refractivity contribution in [3.05, 3.63) is 23.8 Å². The zero-order chi connectivity index (χ0) is 18.1. The molecule has 1 aromatic carbocycles. The van der Waals surface area contributed by atoms with Crippen molar-refractivity contribution in [2.45, 2.75) is 51.2 Å². The fraction of sp³-hybridized carbons (Fsp3) is 0.600. The summed E-state index contributed by atoms with van der Waals surface area (Å²) in [6.07, 6.45) is 4.60. The van der Waals surface area contributed by atoms with Crippen molar-refractivity contribution in [1.82, 2.24) is 9.80 Å². The zero-order valence-electron chi connectivity index (χ0n) is 15.4. The highest BCUT2D eigenvalue weighted by Crippen LogP contribution is 2.28. The van der Waals surface area contributed by atoms with E-state index in [9.17, 15) is 9.59 Å². The van der Waals surface area contributed by atoms with Crippen LogP contribution in [-0.4, -0.2) is 59.9 Å². The highest BCUT2D eigenvalue weighted by atomic mass is 16.5. The Morgan fingerprint density at radius 2 is 2.15 bits per heavy atom. The molecule has 0 unspecified atom stereocenters. The first-order chi connectivity index (χ1) is 12.6. The molecule has 0 radical (unpaired) electrons. The lowest BCUT2D eigenvalue weighted by atomic mass is 10.0. The molecule has 140 valence electrons. The van der Waals surface area contributed by atoms with Gasteiger partial charge in [-0.05, 0) is 56.4 Å². The summed E-state index contributed by atoms with van der Waals surface area (Å²) in [5.74, 6) is 1.18. The second-order valence-electron chi connectivity index (χ2n) is 7.71. The number of amides is 2. The molecular formula is C20H27N3O3. The van der Waals surface area contributed by atoms with E-state index in [0.29, 0.717) is 19.0 Å². The number of hydrogen-bond acceptors (Lipinski definition) is 4. The summed E-state index contributed by atoms with van der Waals surface area (Å²) in [5, 5.41) is 2.89. The normalized spacial score (nSPS) is 25.9. The molecule has 3 aliphatic heterocycles. The lowest BCUT2D eigenvalue weighted by molar-refractivity contribution is -0.132. The van der Waals surface area contributed by atoms with E-state index in [-0.39, 0.29) is 17.9 Å². The van der Waals surface area contributed by atoms with Crippen LogP contribution in [0.1, 0.15) is 38.2 Å². The Morgan fingerprint density at radius 1 is 1.27 bits per heavy atom. The summed E-state index contributed by atoms with van der Waals surface area (Å²) in [5.41, 5.74) is 2.03. The number of anilines is 1. The average molecular weight is 357 g/mol. The van der Waals surface area contributed by atoms with Gasteiger partial charge in [-0.3, -0.25) is 14.5 Å². The third-order valence-electron chi connectivity index (χ3n) is 5.74. The van der Waals surface area contributed by atoms with E-state index in [1.165, 1.54) is 0 Å². The van der Waals surface area contributed by atoms with E-state index in [2.05, 4.69) is 17.1 Å². The van der Waals surface area contributed by atoms with E-state index in [1.807, 2.05) is 23.1 Å². The minimum atomic E-state index is 0.0783. The predicted molar refractivity (Wildman–Crippen MR) is 99.3 cm³/mol. The van der Waals surface area contributed by atoms with Gasteiger partial charge in [0.1, 0.15) is 11.9 Å². The monoisotopic (exact) mass is 357 g/mol. The van der Waals surface area contributed by atoms with Gasteiger partial charge in [-0.1, -0.05) is 0 Å². The van der Waals surface area contributed by atoms with Gasteiger partial charge in [-0.2, -0.15) is 0 Å². The largest absolute Gasteiger partial charge is 0.489 e. The first kappa shape index (κ1) is 17.3. The van der Waals surface area contributed by atoms with Crippen molar-refractivity contribution < 1.29 is 14.3 Å². The number of ether oxygens (including phenoxy) is 1. The Labute approximate surface area is 154 Å². The summed E-state index contributed by atoms with van der Waals surface area (Å²) in [6, 6.07) is 6.26. The Morgan fingerprint density at radius 3 is 2.96 bits per heavy atom. The third-order valence-corrected chi connectivity index (χ3v) is 5.74. The number of aryl methyl sites for hydroxylation is 1. The maximum absolute atomic E-state index is 12.5. The number of nitrogens with one attached hydrogen (secondary N) is 1. The van der Waals surface area contributed by atoms with Crippen LogP contribution in [0.25, 0.3) is 0 Å². The van der Waals surface area contributed by atoms with Crippen LogP contribution in [0.5, 0.6) is 5.75 Å². The Hall–Kier alpha value is -2.08. The van der Waals surface area contributed by atoms with Crippen molar-refractivity contribution >= 4 is 17.5 Å². The summed E-state index contributed by atoms with van der Waals surface area (Å²) >= 11 is 0. The molecule has 0 bridgehead atoms. The summed E-state index contributed by atoms with van der Waals surface area (Å²) in [4.78, 5) is 28.1. The lowest BCUT2D eigenvalue weighted by Gasteiger charge is -2.24. The summed E-state index contributed by atoms with van der Waals surface area (Å²) in [6.45, 7) is 5.24.